The zero-order valence-electron chi connectivity index (χ0n) is 43.6. The highest BCUT2D eigenvalue weighted by Gasteiger charge is 2.79. The van der Waals surface area contributed by atoms with Gasteiger partial charge in [0, 0.05) is 31.8 Å². The smallest absolute Gasteiger partial charge is 0.456 e. The van der Waals surface area contributed by atoms with Crippen molar-refractivity contribution >= 4 is 42.1 Å². The van der Waals surface area contributed by atoms with Gasteiger partial charge in [-0.1, -0.05) is 62.4 Å². The summed E-state index contributed by atoms with van der Waals surface area (Å²) in [7, 11) is 0. The zero-order valence-corrected chi connectivity index (χ0v) is 43.6. The van der Waals surface area contributed by atoms with E-state index in [0.717, 1.165) is 6.92 Å². The number of ketones is 1. The maximum absolute atomic E-state index is 16.1. The van der Waals surface area contributed by atoms with Gasteiger partial charge in [0.15, 0.2) is 29.9 Å². The predicted molar refractivity (Wildman–Crippen MR) is 256 cm³/mol. The Morgan fingerprint density at radius 3 is 2.00 bits per heavy atom. The van der Waals surface area contributed by atoms with Crippen molar-refractivity contribution in [3.8, 4) is 0 Å². The quantitative estimate of drug-likeness (QED) is 0.0724. The van der Waals surface area contributed by atoms with Gasteiger partial charge in [0.05, 0.1) is 29.5 Å². The third-order valence-corrected chi connectivity index (χ3v) is 14.1. The standard InChI is InChI=1S/C53H69NO19/c1-14-64-30(4)66-39(37(31-21-17-15-18-22-31)54-45(59)72-48(5,6)7)44(58)67-33-26-53(63)42(70-43(57)32-23-19-16-20-24-32)40-51(13,41(56)38(69-46(60)61)36(28(33)2)50(53,11)12)34(68-47(62)73-49(8,9)10)25-35-52(40,27-65-35)71-29(3)55/h15-24,30,33-35,37-40,42,63H,14,25-27H2,1-13H3,(H,54,59)(H,60,61)/t30?,33-,34-,35+,37-,38+,39+,40-,42-,51+,52-,53+/m0/s1. The number of ether oxygens (including phenoxy) is 10. The van der Waals surface area contributed by atoms with Crippen LogP contribution in [0.25, 0.3) is 0 Å². The lowest BCUT2D eigenvalue weighted by Crippen LogP contribution is -2.82. The molecule has 4 aliphatic rings. The van der Waals surface area contributed by atoms with Crippen LogP contribution in [0.1, 0.15) is 125 Å². The number of aliphatic hydroxyl groups is 1. The minimum absolute atomic E-state index is 0.00461. The molecule has 1 aliphatic heterocycles. The fourth-order valence-electron chi connectivity index (χ4n) is 10.9. The van der Waals surface area contributed by atoms with Gasteiger partial charge in [0.25, 0.3) is 0 Å². The molecule has 3 fully saturated rings. The number of esters is 3. The summed E-state index contributed by atoms with van der Waals surface area (Å²) in [6.07, 6.45) is -16.4. The van der Waals surface area contributed by atoms with Crippen LogP contribution in [-0.4, -0.2) is 131 Å². The minimum Gasteiger partial charge on any atom is -0.456 e. The molecule has 0 aromatic heterocycles. The Hall–Kier alpha value is -6.09. The number of benzene rings is 2. The van der Waals surface area contributed by atoms with Gasteiger partial charge in [0.2, 0.25) is 0 Å². The predicted octanol–water partition coefficient (Wildman–Crippen LogP) is 7.33. The second-order valence-electron chi connectivity index (χ2n) is 21.6. The van der Waals surface area contributed by atoms with Crippen LogP contribution in [0.4, 0.5) is 14.4 Å². The Kier molecular flexibility index (Phi) is 16.2. The number of fused-ring (bicyclic) bond motifs is 5. The molecule has 0 spiro atoms. The topological polar surface area (TPSA) is 264 Å². The summed E-state index contributed by atoms with van der Waals surface area (Å²) in [5.41, 5.74) is -10.5. The average Bonchev–Trinajstić information content (AvgIpc) is 3.27. The molecule has 2 bridgehead atoms. The summed E-state index contributed by atoms with van der Waals surface area (Å²) in [5, 5.41) is 27.3. The molecule has 1 amide bonds. The lowest BCUT2D eigenvalue weighted by Gasteiger charge is -2.67. The average molecular weight is 1020 g/mol. The van der Waals surface area contributed by atoms with Gasteiger partial charge in [-0.05, 0) is 98.1 Å². The summed E-state index contributed by atoms with van der Waals surface area (Å²) < 4.78 is 59.9. The molecule has 400 valence electrons. The molecule has 1 unspecified atom stereocenters. The number of carbonyl (C=O) groups is 7. The van der Waals surface area contributed by atoms with Gasteiger partial charge in [-0.25, -0.2) is 24.0 Å². The fraction of sp³-hybridized carbons (Fsp3) is 0.604. The van der Waals surface area contributed by atoms with Crippen LogP contribution in [0.15, 0.2) is 71.8 Å². The molecule has 2 saturated carbocycles. The molecule has 6 rings (SSSR count). The normalized spacial score (nSPS) is 29.6. The monoisotopic (exact) mass is 1020 g/mol. The van der Waals surface area contributed by atoms with Crippen LogP contribution >= 0.6 is 0 Å². The van der Waals surface area contributed by atoms with Crippen molar-refractivity contribution in [1.29, 1.82) is 0 Å². The van der Waals surface area contributed by atoms with E-state index in [2.05, 4.69) is 5.32 Å². The Bertz CT molecular complexity index is 2440. The third-order valence-electron chi connectivity index (χ3n) is 14.1. The molecule has 0 radical (unpaired) electrons. The summed E-state index contributed by atoms with van der Waals surface area (Å²) >= 11 is 0. The van der Waals surface area contributed by atoms with Crippen LogP contribution in [0.2, 0.25) is 0 Å². The van der Waals surface area contributed by atoms with Crippen molar-refractivity contribution in [1.82, 2.24) is 5.32 Å². The molecule has 2 aromatic rings. The third kappa shape index (κ3) is 11.4. The van der Waals surface area contributed by atoms with E-state index in [1.807, 2.05) is 0 Å². The number of nitrogens with one attached hydrogen (secondary N) is 1. The maximum atomic E-state index is 16.1. The summed E-state index contributed by atoms with van der Waals surface area (Å²) in [6, 6.07) is 14.7. The van der Waals surface area contributed by atoms with E-state index in [9.17, 15) is 34.2 Å². The highest BCUT2D eigenvalue weighted by molar-refractivity contribution is 5.95. The minimum atomic E-state index is -2.56. The summed E-state index contributed by atoms with van der Waals surface area (Å²) in [5.74, 6) is -5.79. The number of carbonyl (C=O) groups excluding carboxylic acids is 6. The molecule has 1 saturated heterocycles. The van der Waals surface area contributed by atoms with Gasteiger partial charge < -0.3 is 62.9 Å². The van der Waals surface area contributed by atoms with Gasteiger partial charge in [-0.3, -0.25) is 9.59 Å². The van der Waals surface area contributed by atoms with Crippen molar-refractivity contribution in [2.45, 2.75) is 174 Å². The van der Waals surface area contributed by atoms with Crippen molar-refractivity contribution in [2.24, 2.45) is 16.7 Å². The van der Waals surface area contributed by atoms with E-state index >= 15 is 9.59 Å². The Labute approximate surface area is 424 Å². The Morgan fingerprint density at radius 1 is 0.863 bits per heavy atom. The molecular formula is C53H69NO19. The number of hydrogen-bond acceptors (Lipinski definition) is 18. The first-order valence-electron chi connectivity index (χ1n) is 24.3. The van der Waals surface area contributed by atoms with Gasteiger partial charge in [-0.15, -0.1) is 0 Å². The first kappa shape index (κ1) is 56.2. The molecule has 20 heteroatoms. The van der Waals surface area contributed by atoms with E-state index in [1.165, 1.54) is 46.8 Å². The number of carboxylic acid groups (broad SMARTS) is 1. The number of hydrogen-bond donors (Lipinski definition) is 3. The van der Waals surface area contributed by atoms with Crippen molar-refractivity contribution < 1.29 is 91.1 Å². The number of amides is 1. The first-order chi connectivity index (χ1) is 33.9. The highest BCUT2D eigenvalue weighted by Crippen LogP contribution is 2.65. The van der Waals surface area contributed by atoms with E-state index in [-0.39, 0.29) is 29.7 Å². The summed E-state index contributed by atoms with van der Waals surface area (Å²) in [4.78, 5) is 99.5. The second kappa shape index (κ2) is 21.0. The van der Waals surface area contributed by atoms with E-state index in [1.54, 1.807) is 97.0 Å². The van der Waals surface area contributed by atoms with Crippen molar-refractivity contribution in [3.05, 3.63) is 82.9 Å². The second-order valence-corrected chi connectivity index (χ2v) is 21.6. The largest absolute Gasteiger partial charge is 0.509 e. The number of rotatable bonds is 14. The molecule has 3 N–H and O–H groups in total. The van der Waals surface area contributed by atoms with Gasteiger partial charge in [0.1, 0.15) is 41.2 Å². The van der Waals surface area contributed by atoms with Crippen LogP contribution in [-0.2, 0) is 61.8 Å². The molecule has 1 heterocycles. The Morgan fingerprint density at radius 2 is 1.47 bits per heavy atom. The SMILES string of the molecule is CCOC(C)O[C@@H](C(=O)O[C@H]1C[C@@]2(O)[C@@H](OC(=O)c3ccccc3)[C@@H]3[C@]4(OC(C)=O)CO[C@@H]4C[C@H](OC(=O)OC(C)(C)C)[C@@]3(C)C(=O)[C@H](OC(=O)O)C(=C1C)C2(C)C)[C@@H](NC(=O)OC(C)(C)C)c1ccccc1. The molecule has 12 atom stereocenters. The van der Waals surface area contributed by atoms with Crippen molar-refractivity contribution in [3.63, 3.8) is 0 Å². The van der Waals surface area contributed by atoms with Crippen LogP contribution in [0.5, 0.6) is 0 Å². The first-order valence-corrected chi connectivity index (χ1v) is 24.3. The number of alkyl carbamates (subject to hydrolysis) is 1. The summed E-state index contributed by atoms with van der Waals surface area (Å²) in [6.45, 7) is 19.6. The molecule has 20 nitrogen and oxygen atoms in total. The van der Waals surface area contributed by atoms with Gasteiger partial charge in [-0.2, -0.15) is 0 Å². The highest BCUT2D eigenvalue weighted by atomic mass is 16.7. The van der Waals surface area contributed by atoms with E-state index in [0.29, 0.717) is 5.56 Å². The lowest BCUT2D eigenvalue weighted by atomic mass is 9.44. The molecule has 73 heavy (non-hydrogen) atoms. The number of Topliss-reactive ketones (excluding diaryl/α,β-unsaturated/α-hetero) is 1. The Balaban J connectivity index is 1.62. The lowest BCUT2D eigenvalue weighted by molar-refractivity contribution is -0.346. The molecular weight excluding hydrogens is 955 g/mol. The van der Waals surface area contributed by atoms with Crippen LogP contribution < -0.4 is 5.32 Å². The van der Waals surface area contributed by atoms with Crippen molar-refractivity contribution in [2.75, 3.05) is 13.2 Å². The zero-order chi connectivity index (χ0) is 54.2. The van der Waals surface area contributed by atoms with E-state index < -0.39 is 143 Å². The van der Waals surface area contributed by atoms with Crippen LogP contribution in [0.3, 0.4) is 0 Å². The molecule has 2 aromatic carbocycles. The van der Waals surface area contributed by atoms with Crippen LogP contribution in [0, 0.1) is 16.7 Å². The van der Waals surface area contributed by atoms with E-state index in [4.69, 9.17) is 47.4 Å². The maximum Gasteiger partial charge on any atom is 0.509 e. The van der Waals surface area contributed by atoms with Gasteiger partial charge >= 0.3 is 36.3 Å². The fourth-order valence-corrected chi connectivity index (χ4v) is 10.9. The molecule has 3 aliphatic carbocycles.